The van der Waals surface area contributed by atoms with E-state index in [2.05, 4.69) is 20.3 Å². The highest BCUT2D eigenvalue weighted by molar-refractivity contribution is 6.20. The molecule has 0 saturated heterocycles. The van der Waals surface area contributed by atoms with Crippen molar-refractivity contribution in [1.82, 2.24) is 15.3 Å². The van der Waals surface area contributed by atoms with E-state index in [-0.39, 0.29) is 5.91 Å². The molecule has 1 aliphatic heterocycles. The fraction of sp³-hybridized carbons (Fsp3) is 0.0556. The number of benzene rings is 1. The number of amides is 1. The summed E-state index contributed by atoms with van der Waals surface area (Å²) >= 11 is 0. The van der Waals surface area contributed by atoms with Gasteiger partial charge in [0, 0.05) is 28.9 Å². The predicted octanol–water partition coefficient (Wildman–Crippen LogP) is 2.79. The second-order valence-corrected chi connectivity index (χ2v) is 5.46. The molecule has 0 atom stereocenters. The third kappa shape index (κ3) is 2.42. The van der Waals surface area contributed by atoms with Gasteiger partial charge in [0.2, 0.25) is 0 Å². The highest BCUT2D eigenvalue weighted by atomic mass is 16.2. The molecule has 0 spiro atoms. The normalized spacial score (nSPS) is 16.0. The van der Waals surface area contributed by atoms with Crippen LogP contribution in [0.1, 0.15) is 16.7 Å². The van der Waals surface area contributed by atoms with Gasteiger partial charge in [-0.05, 0) is 31.2 Å². The van der Waals surface area contributed by atoms with E-state index in [4.69, 9.17) is 0 Å². The summed E-state index contributed by atoms with van der Waals surface area (Å²) in [6, 6.07) is 11.7. The average Bonchev–Trinajstić information content (AvgIpc) is 3.13. The van der Waals surface area contributed by atoms with Crippen LogP contribution in [0.3, 0.4) is 0 Å². The number of nitrogens with zero attached hydrogens (tertiary/aromatic N) is 2. The lowest BCUT2D eigenvalue weighted by atomic mass is 10.1. The lowest BCUT2D eigenvalue weighted by molar-refractivity contribution is -0.115. The molecule has 4 rings (SSSR count). The Morgan fingerprint density at radius 2 is 2.09 bits per heavy atom. The van der Waals surface area contributed by atoms with Crippen molar-refractivity contribution in [2.24, 2.45) is 4.99 Å². The highest BCUT2D eigenvalue weighted by Gasteiger charge is 2.21. The molecular weight excluding hydrogens is 288 g/mol. The van der Waals surface area contributed by atoms with Crippen LogP contribution in [0.5, 0.6) is 0 Å². The summed E-state index contributed by atoms with van der Waals surface area (Å²) < 4.78 is 0. The summed E-state index contributed by atoms with van der Waals surface area (Å²) in [5.74, 6) is 0.391. The molecule has 5 nitrogen and oxygen atoms in total. The molecule has 5 heteroatoms. The summed E-state index contributed by atoms with van der Waals surface area (Å²) in [5, 5.41) is 3.79. The number of hydrogen-bond acceptors (Lipinski definition) is 3. The van der Waals surface area contributed by atoms with Gasteiger partial charge < -0.3 is 10.3 Å². The number of carbonyl (C=O) groups excluding carboxylic acids is 1. The van der Waals surface area contributed by atoms with Crippen LogP contribution in [0.25, 0.3) is 17.1 Å². The molecule has 0 fully saturated rings. The molecule has 2 aromatic heterocycles. The number of carbonyl (C=O) groups is 1. The summed E-state index contributed by atoms with van der Waals surface area (Å²) in [4.78, 5) is 24.0. The molecule has 3 aromatic rings. The van der Waals surface area contributed by atoms with Gasteiger partial charge in [-0.1, -0.05) is 23.8 Å². The van der Waals surface area contributed by atoms with E-state index in [0.29, 0.717) is 11.5 Å². The minimum atomic E-state index is -0.195. The van der Waals surface area contributed by atoms with E-state index in [9.17, 15) is 4.79 Å². The predicted molar refractivity (Wildman–Crippen MR) is 89.9 cm³/mol. The third-order valence-electron chi connectivity index (χ3n) is 3.76. The number of rotatable bonds is 2. The summed E-state index contributed by atoms with van der Waals surface area (Å²) in [6.45, 7) is 2.01. The van der Waals surface area contributed by atoms with Gasteiger partial charge in [0.25, 0.3) is 5.91 Å². The van der Waals surface area contributed by atoms with E-state index in [1.807, 2.05) is 49.5 Å². The maximum atomic E-state index is 12.2. The molecule has 23 heavy (non-hydrogen) atoms. The molecule has 1 aliphatic rings. The molecule has 0 radical (unpaired) electrons. The number of H-pyrrole nitrogens is 1. The lowest BCUT2D eigenvalue weighted by Crippen LogP contribution is -2.24. The Balaban J connectivity index is 1.75. The van der Waals surface area contributed by atoms with Gasteiger partial charge in [0.15, 0.2) is 0 Å². The van der Waals surface area contributed by atoms with E-state index >= 15 is 0 Å². The molecular formula is C18H14N4O. The number of aryl methyl sites for hydroxylation is 1. The van der Waals surface area contributed by atoms with Crippen LogP contribution >= 0.6 is 0 Å². The van der Waals surface area contributed by atoms with E-state index in [1.54, 1.807) is 12.3 Å². The molecule has 112 valence electrons. The Morgan fingerprint density at radius 3 is 2.96 bits per heavy atom. The molecule has 0 bridgehead atoms. The van der Waals surface area contributed by atoms with Crippen molar-refractivity contribution in [3.63, 3.8) is 0 Å². The Kier molecular flexibility index (Phi) is 3.05. The van der Waals surface area contributed by atoms with Crippen LogP contribution in [0.4, 0.5) is 0 Å². The van der Waals surface area contributed by atoms with E-state index in [1.165, 1.54) is 0 Å². The topological polar surface area (TPSA) is 70.1 Å². The van der Waals surface area contributed by atoms with Crippen LogP contribution in [-0.2, 0) is 4.79 Å². The zero-order valence-electron chi connectivity index (χ0n) is 12.5. The van der Waals surface area contributed by atoms with Crippen molar-refractivity contribution in [2.45, 2.75) is 6.92 Å². The number of aromatic nitrogens is 2. The fourth-order valence-corrected chi connectivity index (χ4v) is 2.64. The Hall–Kier alpha value is -3.21. The van der Waals surface area contributed by atoms with Crippen LogP contribution in [0, 0.1) is 6.92 Å². The number of pyridine rings is 1. The number of nitrogens with one attached hydrogen (secondary N) is 2. The first-order chi connectivity index (χ1) is 11.2. The SMILES string of the molecule is Cc1cccc(C2=N/C(=C\c3c[nH]c4ncccc34)C(=O)N2)c1. The van der Waals surface area contributed by atoms with Gasteiger partial charge in [-0.3, -0.25) is 4.79 Å². The second-order valence-electron chi connectivity index (χ2n) is 5.46. The van der Waals surface area contributed by atoms with E-state index < -0.39 is 0 Å². The first-order valence-electron chi connectivity index (χ1n) is 7.31. The van der Waals surface area contributed by atoms with Crippen LogP contribution < -0.4 is 5.32 Å². The first kappa shape index (κ1) is 13.5. The molecule has 2 N–H and O–H groups in total. The minimum absolute atomic E-state index is 0.195. The third-order valence-corrected chi connectivity index (χ3v) is 3.76. The molecule has 1 amide bonds. The highest BCUT2D eigenvalue weighted by Crippen LogP contribution is 2.21. The Labute approximate surface area is 132 Å². The molecule has 0 saturated carbocycles. The summed E-state index contributed by atoms with van der Waals surface area (Å²) in [7, 11) is 0. The van der Waals surface area contributed by atoms with Crippen molar-refractivity contribution in [2.75, 3.05) is 0 Å². The van der Waals surface area contributed by atoms with Crippen molar-refractivity contribution < 1.29 is 4.79 Å². The average molecular weight is 302 g/mol. The number of hydrogen-bond donors (Lipinski definition) is 2. The second kappa shape index (κ2) is 5.21. The minimum Gasteiger partial charge on any atom is -0.346 e. The summed E-state index contributed by atoms with van der Waals surface area (Å²) in [5.41, 5.74) is 4.11. The monoisotopic (exact) mass is 302 g/mol. The standard InChI is InChI=1S/C18H14N4O/c1-11-4-2-5-12(8-11)16-21-15(18(23)22-16)9-13-10-20-17-14(13)6-3-7-19-17/h2-10H,1H3,(H,19,20)(H,21,22,23)/b15-9-. The molecule has 3 heterocycles. The van der Waals surface area contributed by atoms with Gasteiger partial charge in [-0.2, -0.15) is 0 Å². The lowest BCUT2D eigenvalue weighted by Gasteiger charge is -2.00. The largest absolute Gasteiger partial charge is 0.346 e. The van der Waals surface area contributed by atoms with Gasteiger partial charge in [-0.15, -0.1) is 0 Å². The smallest absolute Gasteiger partial charge is 0.275 e. The van der Waals surface area contributed by atoms with Crippen molar-refractivity contribution in [3.8, 4) is 0 Å². The number of fused-ring (bicyclic) bond motifs is 1. The van der Waals surface area contributed by atoms with Gasteiger partial charge in [0.1, 0.15) is 17.2 Å². The number of aliphatic imine (C=N–C) groups is 1. The van der Waals surface area contributed by atoms with Crippen molar-refractivity contribution in [1.29, 1.82) is 0 Å². The van der Waals surface area contributed by atoms with Crippen LogP contribution in [0.2, 0.25) is 0 Å². The molecule has 0 aliphatic carbocycles. The zero-order chi connectivity index (χ0) is 15.8. The quantitative estimate of drug-likeness (QED) is 0.715. The van der Waals surface area contributed by atoms with Crippen molar-refractivity contribution in [3.05, 3.63) is 71.2 Å². The maximum Gasteiger partial charge on any atom is 0.275 e. The zero-order valence-corrected chi connectivity index (χ0v) is 12.5. The Morgan fingerprint density at radius 1 is 1.17 bits per heavy atom. The molecule has 0 unspecified atom stereocenters. The Bertz CT molecular complexity index is 981. The van der Waals surface area contributed by atoms with Crippen LogP contribution in [0.15, 0.2) is 59.5 Å². The van der Waals surface area contributed by atoms with E-state index in [0.717, 1.165) is 27.7 Å². The van der Waals surface area contributed by atoms with Crippen LogP contribution in [-0.4, -0.2) is 21.7 Å². The van der Waals surface area contributed by atoms with Gasteiger partial charge in [-0.25, -0.2) is 9.98 Å². The first-order valence-corrected chi connectivity index (χ1v) is 7.31. The fourth-order valence-electron chi connectivity index (χ4n) is 2.64. The maximum absolute atomic E-state index is 12.2. The van der Waals surface area contributed by atoms with Gasteiger partial charge in [0.05, 0.1) is 0 Å². The number of aromatic amines is 1. The van der Waals surface area contributed by atoms with Gasteiger partial charge >= 0.3 is 0 Å². The van der Waals surface area contributed by atoms with Crippen molar-refractivity contribution >= 4 is 28.9 Å². The molecule has 1 aromatic carbocycles. The summed E-state index contributed by atoms with van der Waals surface area (Å²) in [6.07, 6.45) is 5.34. The number of amidine groups is 1.